The van der Waals surface area contributed by atoms with Crippen molar-refractivity contribution in [1.29, 1.82) is 0 Å². The Bertz CT molecular complexity index is 1410. The van der Waals surface area contributed by atoms with E-state index in [1.165, 1.54) is 18.2 Å². The van der Waals surface area contributed by atoms with Crippen LogP contribution in [0.15, 0.2) is 59.0 Å². The van der Waals surface area contributed by atoms with Crippen LogP contribution in [-0.4, -0.2) is 20.4 Å². The van der Waals surface area contributed by atoms with E-state index < -0.39 is 15.9 Å². The lowest BCUT2D eigenvalue weighted by Gasteiger charge is -2.21. The molecule has 2 N–H and O–H groups in total. The molecular weight excluding hydrogens is 475 g/mol. The highest BCUT2D eigenvalue weighted by molar-refractivity contribution is 7.90. The summed E-state index contributed by atoms with van der Waals surface area (Å²) in [5.41, 5.74) is 6.73. The van der Waals surface area contributed by atoms with E-state index in [1.807, 2.05) is 47.6 Å². The summed E-state index contributed by atoms with van der Waals surface area (Å²) in [5, 5.41) is 3.22. The van der Waals surface area contributed by atoms with E-state index in [0.29, 0.717) is 5.56 Å². The zero-order chi connectivity index (χ0) is 26.8. The van der Waals surface area contributed by atoms with Crippen LogP contribution in [0, 0.1) is 33.5 Å². The van der Waals surface area contributed by atoms with Crippen LogP contribution in [0.3, 0.4) is 0 Å². The number of rotatable bonds is 7. The maximum absolute atomic E-state index is 15.2. The summed E-state index contributed by atoms with van der Waals surface area (Å²) in [5.74, 6) is -1.01. The highest BCUT2D eigenvalue weighted by atomic mass is 32.2. The molecule has 0 bridgehead atoms. The molecular formula is C29H33FN2O3S. The van der Waals surface area contributed by atoms with Gasteiger partial charge in [0.15, 0.2) is 0 Å². The van der Waals surface area contributed by atoms with Gasteiger partial charge < -0.3 is 5.32 Å². The summed E-state index contributed by atoms with van der Waals surface area (Å²) < 4.78 is 42.4. The molecule has 5 nitrogen and oxygen atoms in total. The molecule has 3 rings (SSSR count). The zero-order valence-corrected chi connectivity index (χ0v) is 22.6. The molecule has 7 heteroatoms. The van der Waals surface area contributed by atoms with Gasteiger partial charge in [-0.15, -0.1) is 0 Å². The normalized spacial score (nSPS) is 12.1. The fourth-order valence-electron chi connectivity index (χ4n) is 4.25. The molecule has 0 unspecified atom stereocenters. The van der Waals surface area contributed by atoms with Crippen LogP contribution < -0.4 is 10.0 Å². The summed E-state index contributed by atoms with van der Waals surface area (Å²) in [6, 6.07) is 13.1. The molecule has 0 aliphatic rings. The monoisotopic (exact) mass is 508 g/mol. The van der Waals surface area contributed by atoms with E-state index in [2.05, 4.69) is 10.0 Å². The van der Waals surface area contributed by atoms with Gasteiger partial charge in [0.05, 0.1) is 4.90 Å². The summed E-state index contributed by atoms with van der Waals surface area (Å²) in [7, 11) is -3.98. The van der Waals surface area contributed by atoms with Crippen LogP contribution in [-0.2, 0) is 14.8 Å². The van der Waals surface area contributed by atoms with Crippen LogP contribution in [0.1, 0.15) is 48.6 Å². The first-order valence-electron chi connectivity index (χ1n) is 11.8. The molecule has 0 aromatic heterocycles. The molecule has 0 aliphatic carbocycles. The third-order valence-electron chi connectivity index (χ3n) is 6.38. The zero-order valence-electron chi connectivity index (χ0n) is 21.8. The average Bonchev–Trinajstić information content (AvgIpc) is 2.81. The molecule has 0 saturated heterocycles. The van der Waals surface area contributed by atoms with Crippen LogP contribution in [0.25, 0.3) is 17.2 Å². The number of sulfonamides is 1. The van der Waals surface area contributed by atoms with Gasteiger partial charge >= 0.3 is 0 Å². The maximum atomic E-state index is 15.2. The van der Waals surface area contributed by atoms with Gasteiger partial charge in [-0.05, 0) is 118 Å². The number of carbonyl (C=O) groups is 1. The first-order valence-corrected chi connectivity index (χ1v) is 13.3. The van der Waals surface area contributed by atoms with Crippen molar-refractivity contribution in [2.75, 3.05) is 5.32 Å². The number of carbonyl (C=O) groups excluding carboxylic acids is 1. The van der Waals surface area contributed by atoms with Crippen LogP contribution in [0.4, 0.5) is 10.1 Å². The quantitative estimate of drug-likeness (QED) is 0.360. The summed E-state index contributed by atoms with van der Waals surface area (Å²) >= 11 is 0. The molecule has 36 heavy (non-hydrogen) atoms. The molecule has 190 valence electrons. The average molecular weight is 509 g/mol. The van der Waals surface area contributed by atoms with E-state index in [9.17, 15) is 13.2 Å². The van der Waals surface area contributed by atoms with Gasteiger partial charge in [-0.25, -0.2) is 17.5 Å². The second-order valence-corrected chi connectivity index (χ2v) is 11.0. The molecule has 0 radical (unpaired) electrons. The van der Waals surface area contributed by atoms with Gasteiger partial charge in [-0.1, -0.05) is 18.2 Å². The predicted octanol–water partition coefficient (Wildman–Crippen LogP) is 6.46. The summed E-state index contributed by atoms with van der Waals surface area (Å²) in [6.45, 7) is 13.3. The molecule has 0 fully saturated rings. The topological polar surface area (TPSA) is 75.3 Å². The molecule has 0 saturated carbocycles. The predicted molar refractivity (Wildman–Crippen MR) is 145 cm³/mol. The van der Waals surface area contributed by atoms with E-state index in [1.54, 1.807) is 37.3 Å². The van der Waals surface area contributed by atoms with Crippen molar-refractivity contribution >= 4 is 27.7 Å². The Morgan fingerprint density at radius 1 is 0.917 bits per heavy atom. The third-order valence-corrected chi connectivity index (χ3v) is 7.72. The third kappa shape index (κ3) is 5.68. The van der Waals surface area contributed by atoms with Gasteiger partial charge in [0, 0.05) is 22.9 Å². The minimum atomic E-state index is -3.98. The number of hydrogen-bond acceptors (Lipinski definition) is 4. The van der Waals surface area contributed by atoms with Gasteiger partial charge in [-0.2, -0.15) is 0 Å². The first kappa shape index (κ1) is 27.1. The number of benzene rings is 3. The van der Waals surface area contributed by atoms with Crippen molar-refractivity contribution in [3.63, 3.8) is 0 Å². The van der Waals surface area contributed by atoms with E-state index in [4.69, 9.17) is 0 Å². The molecule has 0 spiro atoms. The number of anilines is 1. The van der Waals surface area contributed by atoms with Crippen molar-refractivity contribution in [3.8, 4) is 11.1 Å². The van der Waals surface area contributed by atoms with Crippen LogP contribution >= 0.6 is 0 Å². The highest BCUT2D eigenvalue weighted by Crippen LogP contribution is 2.37. The Hall–Kier alpha value is -3.45. The van der Waals surface area contributed by atoms with Crippen molar-refractivity contribution in [1.82, 2.24) is 4.72 Å². The molecule has 3 aromatic carbocycles. The second kappa shape index (κ2) is 10.7. The van der Waals surface area contributed by atoms with Crippen molar-refractivity contribution in [2.24, 2.45) is 0 Å². The minimum absolute atomic E-state index is 0.0196. The Kier molecular flexibility index (Phi) is 8.04. The van der Waals surface area contributed by atoms with Crippen molar-refractivity contribution in [3.05, 3.63) is 87.7 Å². The van der Waals surface area contributed by atoms with Gasteiger partial charge in [-0.3, -0.25) is 4.79 Å². The van der Waals surface area contributed by atoms with Gasteiger partial charge in [0.25, 0.3) is 15.9 Å². The van der Waals surface area contributed by atoms with Crippen molar-refractivity contribution in [2.45, 2.75) is 59.4 Å². The summed E-state index contributed by atoms with van der Waals surface area (Å²) in [4.78, 5) is 12.8. The van der Waals surface area contributed by atoms with Crippen molar-refractivity contribution < 1.29 is 17.6 Å². The number of amides is 1. The van der Waals surface area contributed by atoms with Crippen LogP contribution in [0.5, 0.6) is 0 Å². The van der Waals surface area contributed by atoms with E-state index in [0.717, 1.165) is 39.1 Å². The van der Waals surface area contributed by atoms with E-state index in [-0.39, 0.29) is 22.3 Å². The van der Waals surface area contributed by atoms with Gasteiger partial charge in [0.1, 0.15) is 5.82 Å². The standard InChI is InChI=1S/C29H33FN2O3S/c1-17(2)31-23-13-14-25(27(30)16-23)28-21(6)19(4)26(20(5)22(28)7)15-18(3)29(33)32-36(34,35)24-11-9-8-10-12-24/h8-17,31H,1-7H3,(H,32,33). The Morgan fingerprint density at radius 2 is 1.50 bits per heavy atom. The smallest absolute Gasteiger partial charge is 0.264 e. The van der Waals surface area contributed by atoms with Crippen LogP contribution in [0.2, 0.25) is 0 Å². The number of halogens is 1. The lowest BCUT2D eigenvalue weighted by atomic mass is 9.85. The largest absolute Gasteiger partial charge is 0.383 e. The molecule has 0 heterocycles. The Balaban J connectivity index is 2.00. The second-order valence-electron chi connectivity index (χ2n) is 9.36. The fourth-order valence-corrected chi connectivity index (χ4v) is 5.28. The Labute approximate surface area is 213 Å². The lowest BCUT2D eigenvalue weighted by Crippen LogP contribution is -2.31. The highest BCUT2D eigenvalue weighted by Gasteiger charge is 2.21. The summed E-state index contributed by atoms with van der Waals surface area (Å²) in [6.07, 6.45) is 1.69. The SMILES string of the molecule is CC(=Cc1c(C)c(C)c(-c2ccc(NC(C)C)cc2F)c(C)c1C)C(=O)NS(=O)(=O)c1ccccc1. The first-order chi connectivity index (χ1) is 16.8. The number of hydrogen-bond donors (Lipinski definition) is 2. The molecule has 3 aromatic rings. The molecule has 0 atom stereocenters. The molecule has 0 aliphatic heterocycles. The minimum Gasteiger partial charge on any atom is -0.383 e. The molecule has 1 amide bonds. The van der Waals surface area contributed by atoms with E-state index >= 15 is 4.39 Å². The number of nitrogens with one attached hydrogen (secondary N) is 2. The fraction of sp³-hybridized carbons (Fsp3) is 0.276. The Morgan fingerprint density at radius 3 is 2.03 bits per heavy atom. The maximum Gasteiger partial charge on any atom is 0.264 e. The van der Waals surface area contributed by atoms with Gasteiger partial charge in [0.2, 0.25) is 0 Å². The lowest BCUT2D eigenvalue weighted by molar-refractivity contribution is -0.115.